The highest BCUT2D eigenvalue weighted by atomic mass is 16.3. The van der Waals surface area contributed by atoms with E-state index in [0.717, 1.165) is 24.8 Å². The first kappa shape index (κ1) is 9.72. The lowest BCUT2D eigenvalue weighted by Crippen LogP contribution is -2.31. The Hall–Kier alpha value is -0.820. The van der Waals surface area contributed by atoms with E-state index in [9.17, 15) is 5.11 Å². The molecule has 0 saturated heterocycles. The maximum atomic E-state index is 10.5. The molecule has 0 aliphatic heterocycles. The third-order valence-electron chi connectivity index (χ3n) is 3.28. The zero-order valence-electron chi connectivity index (χ0n) is 8.74. The molecule has 1 aliphatic carbocycles. The first-order chi connectivity index (χ1) is 6.71. The van der Waals surface area contributed by atoms with Crippen molar-refractivity contribution in [3.8, 4) is 0 Å². The van der Waals surface area contributed by atoms with Gasteiger partial charge in [0.1, 0.15) is 0 Å². The number of hydrogen-bond acceptors (Lipinski definition) is 1. The predicted molar refractivity (Wildman–Crippen MR) is 58.0 cm³/mol. The van der Waals surface area contributed by atoms with Crippen molar-refractivity contribution < 1.29 is 5.11 Å². The second kappa shape index (κ2) is 3.74. The van der Waals surface area contributed by atoms with Crippen LogP contribution in [-0.4, -0.2) is 5.11 Å². The second-order valence-electron chi connectivity index (χ2n) is 4.60. The predicted octanol–water partition coefficient (Wildman–Crippen LogP) is 3.08. The van der Waals surface area contributed by atoms with Crippen LogP contribution in [0.15, 0.2) is 30.3 Å². The molecular weight excluding hydrogens is 172 g/mol. The smallest absolute Gasteiger partial charge is 0.0899 e. The summed E-state index contributed by atoms with van der Waals surface area (Å²) in [4.78, 5) is 0. The van der Waals surface area contributed by atoms with Crippen LogP contribution in [0.2, 0.25) is 0 Å². The van der Waals surface area contributed by atoms with Gasteiger partial charge in [0, 0.05) is 0 Å². The molecule has 1 fully saturated rings. The molecule has 1 aromatic carbocycles. The van der Waals surface area contributed by atoms with Crippen LogP contribution in [0.25, 0.3) is 0 Å². The molecule has 0 aromatic heterocycles. The van der Waals surface area contributed by atoms with Crippen molar-refractivity contribution in [2.45, 2.75) is 38.2 Å². The zero-order valence-corrected chi connectivity index (χ0v) is 8.74. The van der Waals surface area contributed by atoms with Gasteiger partial charge >= 0.3 is 0 Å². The van der Waals surface area contributed by atoms with Gasteiger partial charge in [-0.15, -0.1) is 0 Å². The molecule has 0 spiro atoms. The van der Waals surface area contributed by atoms with Crippen LogP contribution >= 0.6 is 0 Å². The van der Waals surface area contributed by atoms with Crippen LogP contribution in [0, 0.1) is 5.92 Å². The van der Waals surface area contributed by atoms with E-state index in [0.29, 0.717) is 5.92 Å². The molecule has 76 valence electrons. The second-order valence-corrected chi connectivity index (χ2v) is 4.60. The molecule has 0 amide bonds. The summed E-state index contributed by atoms with van der Waals surface area (Å²) in [5.41, 5.74) is 0.533. The number of hydrogen-bond donors (Lipinski definition) is 1. The van der Waals surface area contributed by atoms with Crippen LogP contribution in [-0.2, 0) is 5.60 Å². The van der Waals surface area contributed by atoms with Crippen LogP contribution in [0.3, 0.4) is 0 Å². The van der Waals surface area contributed by atoms with Gasteiger partial charge in [-0.2, -0.15) is 0 Å². The largest absolute Gasteiger partial charge is 0.385 e. The van der Waals surface area contributed by atoms with Gasteiger partial charge in [0.05, 0.1) is 5.60 Å². The molecule has 14 heavy (non-hydrogen) atoms. The molecular formula is C13H18O. The minimum atomic E-state index is -0.557. The fourth-order valence-corrected chi connectivity index (χ4v) is 2.53. The SMILES string of the molecule is C[C@H]1CCC[C@@](O)(c2ccccc2)C1. The third kappa shape index (κ3) is 1.83. The Bertz CT molecular complexity index is 293. The van der Waals surface area contributed by atoms with Gasteiger partial charge in [-0.25, -0.2) is 0 Å². The van der Waals surface area contributed by atoms with E-state index in [1.807, 2.05) is 30.3 Å². The van der Waals surface area contributed by atoms with Crippen LogP contribution in [0.5, 0.6) is 0 Å². The molecule has 1 aliphatic rings. The van der Waals surface area contributed by atoms with Gasteiger partial charge in [0.2, 0.25) is 0 Å². The maximum Gasteiger partial charge on any atom is 0.0899 e. The Balaban J connectivity index is 2.23. The number of benzene rings is 1. The summed E-state index contributed by atoms with van der Waals surface area (Å²) in [6, 6.07) is 10.1. The first-order valence-electron chi connectivity index (χ1n) is 5.49. The van der Waals surface area contributed by atoms with Gasteiger partial charge in [-0.3, -0.25) is 0 Å². The molecule has 1 heteroatoms. The molecule has 0 bridgehead atoms. The van der Waals surface area contributed by atoms with E-state index in [2.05, 4.69) is 6.92 Å². The van der Waals surface area contributed by atoms with E-state index in [1.165, 1.54) is 6.42 Å². The highest BCUT2D eigenvalue weighted by Gasteiger charge is 2.33. The molecule has 2 rings (SSSR count). The molecule has 1 aromatic rings. The lowest BCUT2D eigenvalue weighted by Gasteiger charge is -2.35. The molecule has 2 atom stereocenters. The van der Waals surface area contributed by atoms with Crippen molar-refractivity contribution in [2.24, 2.45) is 5.92 Å². The van der Waals surface area contributed by atoms with Crippen molar-refractivity contribution in [1.29, 1.82) is 0 Å². The maximum absolute atomic E-state index is 10.5. The van der Waals surface area contributed by atoms with E-state index in [4.69, 9.17) is 0 Å². The number of rotatable bonds is 1. The summed E-state index contributed by atoms with van der Waals surface area (Å²) in [7, 11) is 0. The van der Waals surface area contributed by atoms with Gasteiger partial charge in [-0.1, -0.05) is 43.7 Å². The van der Waals surface area contributed by atoms with Crippen molar-refractivity contribution in [1.82, 2.24) is 0 Å². The van der Waals surface area contributed by atoms with Crippen LogP contribution in [0.1, 0.15) is 38.2 Å². The Morgan fingerprint density at radius 2 is 2.00 bits per heavy atom. The van der Waals surface area contributed by atoms with E-state index < -0.39 is 5.60 Å². The Labute approximate surface area is 85.8 Å². The fraction of sp³-hybridized carbons (Fsp3) is 0.538. The zero-order chi connectivity index (χ0) is 10.0. The highest BCUT2D eigenvalue weighted by Crippen LogP contribution is 2.39. The van der Waals surface area contributed by atoms with Crippen LogP contribution < -0.4 is 0 Å². The Kier molecular flexibility index (Phi) is 2.60. The van der Waals surface area contributed by atoms with Crippen molar-refractivity contribution in [3.63, 3.8) is 0 Å². The molecule has 0 unspecified atom stereocenters. The fourth-order valence-electron chi connectivity index (χ4n) is 2.53. The summed E-state index contributed by atoms with van der Waals surface area (Å²) in [5.74, 6) is 0.647. The standard InChI is InChI=1S/C13H18O/c1-11-6-5-9-13(14,10-11)12-7-3-2-4-8-12/h2-4,7-8,11,14H,5-6,9-10H2,1H3/t11-,13-/m0/s1. The van der Waals surface area contributed by atoms with Crippen molar-refractivity contribution in [2.75, 3.05) is 0 Å². The lowest BCUT2D eigenvalue weighted by molar-refractivity contribution is -0.0178. The normalized spacial score (nSPS) is 32.9. The average molecular weight is 190 g/mol. The molecule has 1 N–H and O–H groups in total. The number of aliphatic hydroxyl groups is 1. The third-order valence-corrected chi connectivity index (χ3v) is 3.28. The monoisotopic (exact) mass is 190 g/mol. The summed E-state index contributed by atoms with van der Waals surface area (Å²) >= 11 is 0. The summed E-state index contributed by atoms with van der Waals surface area (Å²) in [5, 5.41) is 10.5. The first-order valence-corrected chi connectivity index (χ1v) is 5.49. The molecule has 1 nitrogen and oxygen atoms in total. The summed E-state index contributed by atoms with van der Waals surface area (Å²) in [6.45, 7) is 2.23. The Morgan fingerprint density at radius 3 is 2.64 bits per heavy atom. The Morgan fingerprint density at radius 1 is 1.29 bits per heavy atom. The van der Waals surface area contributed by atoms with Gasteiger partial charge in [0.15, 0.2) is 0 Å². The van der Waals surface area contributed by atoms with E-state index in [-0.39, 0.29) is 0 Å². The minimum absolute atomic E-state index is 0.557. The van der Waals surface area contributed by atoms with E-state index in [1.54, 1.807) is 0 Å². The summed E-state index contributed by atoms with van der Waals surface area (Å²) < 4.78 is 0. The van der Waals surface area contributed by atoms with Crippen molar-refractivity contribution in [3.05, 3.63) is 35.9 Å². The topological polar surface area (TPSA) is 20.2 Å². The average Bonchev–Trinajstić information content (AvgIpc) is 2.19. The highest BCUT2D eigenvalue weighted by molar-refractivity contribution is 5.22. The summed E-state index contributed by atoms with van der Waals surface area (Å²) in [6.07, 6.45) is 4.24. The lowest BCUT2D eigenvalue weighted by atomic mass is 9.75. The van der Waals surface area contributed by atoms with E-state index >= 15 is 0 Å². The molecule has 1 saturated carbocycles. The van der Waals surface area contributed by atoms with Gasteiger partial charge in [0.25, 0.3) is 0 Å². The minimum Gasteiger partial charge on any atom is -0.385 e. The van der Waals surface area contributed by atoms with Gasteiger partial charge in [-0.05, 0) is 30.7 Å². The molecule has 0 heterocycles. The van der Waals surface area contributed by atoms with Crippen molar-refractivity contribution >= 4 is 0 Å². The quantitative estimate of drug-likeness (QED) is 0.721. The van der Waals surface area contributed by atoms with Crippen LogP contribution in [0.4, 0.5) is 0 Å². The van der Waals surface area contributed by atoms with Gasteiger partial charge < -0.3 is 5.11 Å². The molecule has 0 radical (unpaired) electrons.